The molecule has 0 aliphatic carbocycles. The quantitative estimate of drug-likeness (QED) is 0.445. The molecule has 0 atom stereocenters. The largest absolute Gasteiger partial charge is 0.508 e. The molecule has 2 aromatic rings. The van der Waals surface area contributed by atoms with Gasteiger partial charge in [-0.2, -0.15) is 0 Å². The van der Waals surface area contributed by atoms with Crippen molar-refractivity contribution in [2.75, 3.05) is 0 Å². The van der Waals surface area contributed by atoms with Crippen LogP contribution in [0.2, 0.25) is 0 Å². The molecule has 1 saturated heterocycles. The zero-order valence-corrected chi connectivity index (χ0v) is 14.8. The van der Waals surface area contributed by atoms with E-state index in [0.717, 1.165) is 5.56 Å². The van der Waals surface area contributed by atoms with Crippen LogP contribution in [0.25, 0.3) is 0 Å². The highest BCUT2D eigenvalue weighted by atomic mass is 16.6. The number of aromatic hydroxyl groups is 1. The van der Waals surface area contributed by atoms with Gasteiger partial charge in [-0.05, 0) is 23.8 Å². The summed E-state index contributed by atoms with van der Waals surface area (Å²) in [5.74, 6) is -0.987. The number of carbonyl (C=O) groups is 3. The monoisotopic (exact) mass is 383 g/mol. The van der Waals surface area contributed by atoms with E-state index in [2.05, 4.69) is 5.32 Å². The Kier molecular flexibility index (Phi) is 5.35. The summed E-state index contributed by atoms with van der Waals surface area (Å²) >= 11 is 0. The number of likely N-dealkylation sites (tertiary alicyclic amines) is 1. The van der Waals surface area contributed by atoms with Crippen molar-refractivity contribution in [2.24, 2.45) is 0 Å². The molecule has 0 saturated carbocycles. The Hall–Kier alpha value is -3.75. The molecule has 0 unspecified atom stereocenters. The first-order valence-corrected chi connectivity index (χ1v) is 8.52. The zero-order chi connectivity index (χ0) is 20.3. The lowest BCUT2D eigenvalue weighted by Gasteiger charge is -2.14. The summed E-state index contributed by atoms with van der Waals surface area (Å²) in [6.45, 7) is 0.0893. The number of nitro benzene ring substituents is 1. The number of carbonyl (C=O) groups excluding carboxylic acids is 3. The molecule has 3 rings (SSSR count). The summed E-state index contributed by atoms with van der Waals surface area (Å²) in [6, 6.07) is 10.00. The molecule has 9 heteroatoms. The average Bonchev–Trinajstić information content (AvgIpc) is 2.99. The van der Waals surface area contributed by atoms with Crippen LogP contribution in [0.15, 0.2) is 42.5 Å². The van der Waals surface area contributed by atoms with E-state index >= 15 is 0 Å². The van der Waals surface area contributed by atoms with Crippen molar-refractivity contribution >= 4 is 23.4 Å². The third kappa shape index (κ3) is 4.14. The van der Waals surface area contributed by atoms with Crippen LogP contribution in [0.5, 0.6) is 5.75 Å². The number of nitrogens with one attached hydrogen (secondary N) is 1. The van der Waals surface area contributed by atoms with E-state index in [4.69, 9.17) is 0 Å². The predicted octanol–water partition coefficient (Wildman–Crippen LogP) is 1.88. The maximum Gasteiger partial charge on any atom is 0.270 e. The summed E-state index contributed by atoms with van der Waals surface area (Å²) in [4.78, 5) is 47.0. The maximum absolute atomic E-state index is 12.3. The number of phenols is 1. The molecule has 28 heavy (non-hydrogen) atoms. The Morgan fingerprint density at radius 3 is 2.36 bits per heavy atom. The zero-order valence-electron chi connectivity index (χ0n) is 14.8. The number of phenolic OH excluding ortho intramolecular Hbond substituents is 1. The van der Waals surface area contributed by atoms with Gasteiger partial charge in [0.25, 0.3) is 11.6 Å². The standard InChI is InChI=1S/C19H17N3O6/c23-16-6-5-15(22(27)28)9-14(16)10-20-19(26)13-3-1-12(2-4-13)11-21-17(24)7-8-18(21)25/h1-6,9,23H,7-8,10-11H2,(H,20,26). The van der Waals surface area contributed by atoms with Gasteiger partial charge in [0.05, 0.1) is 11.5 Å². The molecular formula is C19H17N3O6. The number of amides is 3. The van der Waals surface area contributed by atoms with Crippen LogP contribution in [0.3, 0.4) is 0 Å². The third-order valence-electron chi connectivity index (χ3n) is 4.42. The number of benzene rings is 2. The number of hydrogen-bond acceptors (Lipinski definition) is 6. The summed E-state index contributed by atoms with van der Waals surface area (Å²) in [5, 5.41) is 23.2. The molecule has 3 amide bonds. The van der Waals surface area contributed by atoms with E-state index in [9.17, 15) is 29.6 Å². The average molecular weight is 383 g/mol. The number of hydrogen-bond donors (Lipinski definition) is 2. The smallest absolute Gasteiger partial charge is 0.270 e. The molecule has 2 aromatic carbocycles. The van der Waals surface area contributed by atoms with Crippen LogP contribution in [0.4, 0.5) is 5.69 Å². The Morgan fingerprint density at radius 1 is 1.11 bits per heavy atom. The molecule has 0 radical (unpaired) electrons. The second-order valence-electron chi connectivity index (χ2n) is 6.32. The van der Waals surface area contributed by atoms with E-state index in [0.29, 0.717) is 5.56 Å². The number of non-ortho nitro benzene ring substituents is 1. The Bertz CT molecular complexity index is 939. The van der Waals surface area contributed by atoms with E-state index in [1.54, 1.807) is 24.3 Å². The molecule has 144 valence electrons. The van der Waals surface area contributed by atoms with Crippen LogP contribution in [-0.2, 0) is 22.7 Å². The Balaban J connectivity index is 1.62. The molecule has 0 bridgehead atoms. The van der Waals surface area contributed by atoms with Crippen LogP contribution >= 0.6 is 0 Å². The summed E-state index contributed by atoms with van der Waals surface area (Å²) in [6.07, 6.45) is 0.452. The highest BCUT2D eigenvalue weighted by molar-refractivity contribution is 6.01. The van der Waals surface area contributed by atoms with Crippen molar-refractivity contribution in [3.8, 4) is 5.75 Å². The minimum Gasteiger partial charge on any atom is -0.508 e. The fraction of sp³-hybridized carbons (Fsp3) is 0.211. The van der Waals surface area contributed by atoms with Crippen molar-refractivity contribution in [1.82, 2.24) is 10.2 Å². The molecule has 1 heterocycles. The van der Waals surface area contributed by atoms with E-state index in [-0.39, 0.29) is 54.7 Å². The normalized spacial score (nSPS) is 13.6. The fourth-order valence-corrected chi connectivity index (χ4v) is 2.85. The molecular weight excluding hydrogens is 366 g/mol. The molecule has 1 aliphatic rings. The van der Waals surface area contributed by atoms with Gasteiger partial charge >= 0.3 is 0 Å². The van der Waals surface area contributed by atoms with Crippen molar-refractivity contribution in [3.05, 3.63) is 69.3 Å². The van der Waals surface area contributed by atoms with Gasteiger partial charge in [0.15, 0.2) is 0 Å². The number of nitrogens with zero attached hydrogens (tertiary/aromatic N) is 2. The second-order valence-corrected chi connectivity index (χ2v) is 6.32. The Labute approximate surface area is 159 Å². The highest BCUT2D eigenvalue weighted by Crippen LogP contribution is 2.23. The highest BCUT2D eigenvalue weighted by Gasteiger charge is 2.28. The first-order chi connectivity index (χ1) is 13.3. The lowest BCUT2D eigenvalue weighted by atomic mass is 10.1. The van der Waals surface area contributed by atoms with Gasteiger partial charge in [0, 0.05) is 42.6 Å². The topological polar surface area (TPSA) is 130 Å². The van der Waals surface area contributed by atoms with E-state index < -0.39 is 10.8 Å². The minimum absolute atomic E-state index is 0.0785. The molecule has 9 nitrogen and oxygen atoms in total. The van der Waals surface area contributed by atoms with Crippen molar-refractivity contribution in [2.45, 2.75) is 25.9 Å². The summed E-state index contributed by atoms with van der Waals surface area (Å²) in [7, 11) is 0. The Morgan fingerprint density at radius 2 is 1.75 bits per heavy atom. The molecule has 2 N–H and O–H groups in total. The lowest BCUT2D eigenvalue weighted by molar-refractivity contribution is -0.384. The lowest BCUT2D eigenvalue weighted by Crippen LogP contribution is -2.28. The maximum atomic E-state index is 12.3. The van der Waals surface area contributed by atoms with Crippen LogP contribution in [-0.4, -0.2) is 32.7 Å². The first-order valence-electron chi connectivity index (χ1n) is 8.52. The number of rotatable bonds is 6. The van der Waals surface area contributed by atoms with Gasteiger partial charge in [0.1, 0.15) is 5.75 Å². The van der Waals surface area contributed by atoms with Crippen molar-refractivity contribution < 1.29 is 24.4 Å². The van der Waals surface area contributed by atoms with Crippen molar-refractivity contribution in [3.63, 3.8) is 0 Å². The SMILES string of the molecule is O=C(NCc1cc([N+](=O)[O-])ccc1O)c1ccc(CN2C(=O)CCC2=O)cc1. The molecule has 1 aliphatic heterocycles. The summed E-state index contributed by atoms with van der Waals surface area (Å²) < 4.78 is 0. The van der Waals surface area contributed by atoms with Gasteiger partial charge < -0.3 is 10.4 Å². The van der Waals surface area contributed by atoms with Crippen molar-refractivity contribution in [1.29, 1.82) is 0 Å². The van der Waals surface area contributed by atoms with Gasteiger partial charge in [-0.25, -0.2) is 0 Å². The van der Waals surface area contributed by atoms with Gasteiger partial charge in [0.2, 0.25) is 11.8 Å². The van der Waals surface area contributed by atoms with Crippen LogP contribution in [0.1, 0.15) is 34.3 Å². The summed E-state index contributed by atoms with van der Waals surface area (Å²) in [5.41, 5.74) is 1.10. The number of nitro groups is 1. The van der Waals surface area contributed by atoms with Gasteiger partial charge in [-0.15, -0.1) is 0 Å². The van der Waals surface area contributed by atoms with Gasteiger partial charge in [-0.1, -0.05) is 12.1 Å². The van der Waals surface area contributed by atoms with E-state index in [1.165, 1.54) is 23.1 Å². The van der Waals surface area contributed by atoms with Gasteiger partial charge in [-0.3, -0.25) is 29.4 Å². The van der Waals surface area contributed by atoms with E-state index in [1.807, 2.05) is 0 Å². The number of imide groups is 1. The molecule has 1 fully saturated rings. The predicted molar refractivity (Wildman–Crippen MR) is 97.2 cm³/mol. The fourth-order valence-electron chi connectivity index (χ4n) is 2.85. The first kappa shape index (κ1) is 19.0. The second kappa shape index (κ2) is 7.87. The molecule has 0 aromatic heterocycles. The minimum atomic E-state index is -0.584. The third-order valence-corrected chi connectivity index (χ3v) is 4.42. The van der Waals surface area contributed by atoms with Crippen LogP contribution < -0.4 is 5.32 Å². The van der Waals surface area contributed by atoms with Crippen LogP contribution in [0, 0.1) is 10.1 Å². The molecule has 0 spiro atoms.